The van der Waals surface area contributed by atoms with Crippen LogP contribution in [0, 0.1) is 17.0 Å². The van der Waals surface area contributed by atoms with E-state index >= 15 is 0 Å². The molecule has 0 fully saturated rings. The minimum Gasteiger partial charge on any atom is -0.450 e. The van der Waals surface area contributed by atoms with E-state index in [2.05, 4.69) is 15.9 Å². The SMILES string of the molecule is N=C(N)c1cc(F)c(Oc2cc(Cl)c(Br)cc2Cl)c(F)c1. The van der Waals surface area contributed by atoms with Crippen molar-refractivity contribution in [3.63, 3.8) is 0 Å². The highest BCUT2D eigenvalue weighted by molar-refractivity contribution is 9.10. The molecule has 0 aromatic heterocycles. The Morgan fingerprint density at radius 2 is 1.67 bits per heavy atom. The van der Waals surface area contributed by atoms with Crippen molar-refractivity contribution in [2.45, 2.75) is 0 Å². The molecular formula is C13H7BrCl2F2N2O. The van der Waals surface area contributed by atoms with Crippen LogP contribution < -0.4 is 10.5 Å². The first-order valence-electron chi connectivity index (χ1n) is 5.45. The number of hydrogen-bond donors (Lipinski definition) is 2. The summed E-state index contributed by atoms with van der Waals surface area (Å²) >= 11 is 15.0. The van der Waals surface area contributed by atoms with E-state index < -0.39 is 23.2 Å². The van der Waals surface area contributed by atoms with Crippen molar-refractivity contribution in [3.05, 3.63) is 56.0 Å². The third-order valence-corrected chi connectivity index (χ3v) is 3.99. The lowest BCUT2D eigenvalue weighted by Gasteiger charge is -2.11. The molecule has 0 aliphatic carbocycles. The summed E-state index contributed by atoms with van der Waals surface area (Å²) < 4.78 is 33.4. The van der Waals surface area contributed by atoms with Gasteiger partial charge in [-0.15, -0.1) is 0 Å². The second kappa shape index (κ2) is 6.17. The van der Waals surface area contributed by atoms with E-state index in [1.165, 1.54) is 12.1 Å². The zero-order chi connectivity index (χ0) is 15.7. The molecule has 21 heavy (non-hydrogen) atoms. The fraction of sp³-hybridized carbons (Fsp3) is 0. The van der Waals surface area contributed by atoms with Crippen LogP contribution in [0.15, 0.2) is 28.7 Å². The van der Waals surface area contributed by atoms with E-state index in [9.17, 15) is 8.78 Å². The summed E-state index contributed by atoms with van der Waals surface area (Å²) in [6.07, 6.45) is 0. The quantitative estimate of drug-likeness (QED) is 0.431. The summed E-state index contributed by atoms with van der Waals surface area (Å²) in [5.74, 6) is -3.12. The van der Waals surface area contributed by atoms with E-state index in [0.29, 0.717) is 4.47 Å². The molecule has 0 aliphatic heterocycles. The minimum absolute atomic E-state index is 0.00163. The van der Waals surface area contributed by atoms with E-state index in [4.69, 9.17) is 39.1 Å². The van der Waals surface area contributed by atoms with Crippen molar-refractivity contribution < 1.29 is 13.5 Å². The Morgan fingerprint density at radius 1 is 1.10 bits per heavy atom. The van der Waals surface area contributed by atoms with Gasteiger partial charge in [-0.3, -0.25) is 5.41 Å². The van der Waals surface area contributed by atoms with Gasteiger partial charge >= 0.3 is 0 Å². The minimum atomic E-state index is -1.00. The fourth-order valence-electron chi connectivity index (χ4n) is 1.51. The van der Waals surface area contributed by atoms with Gasteiger partial charge in [-0.05, 0) is 34.1 Å². The summed E-state index contributed by atoms with van der Waals surface area (Å²) in [7, 11) is 0. The molecule has 0 radical (unpaired) electrons. The average Bonchev–Trinajstić information content (AvgIpc) is 2.39. The van der Waals surface area contributed by atoms with Crippen LogP contribution in [-0.4, -0.2) is 5.84 Å². The third kappa shape index (κ3) is 3.45. The maximum Gasteiger partial charge on any atom is 0.198 e. The number of ether oxygens (including phenoxy) is 1. The van der Waals surface area contributed by atoms with E-state index in [0.717, 1.165) is 12.1 Å². The van der Waals surface area contributed by atoms with Crippen molar-refractivity contribution in [3.8, 4) is 11.5 Å². The topological polar surface area (TPSA) is 59.1 Å². The molecule has 0 saturated heterocycles. The number of benzene rings is 2. The number of amidine groups is 1. The molecule has 8 heteroatoms. The standard InChI is InChI=1S/C13H7BrCl2F2N2O/c14-6-3-8(16)11(4-7(6)15)21-12-9(17)1-5(13(19)20)2-10(12)18/h1-4H,(H3,19,20). The number of nitrogens with two attached hydrogens (primary N) is 1. The summed E-state index contributed by atoms with van der Waals surface area (Å²) in [6, 6.07) is 4.56. The summed E-state index contributed by atoms with van der Waals surface area (Å²) in [6.45, 7) is 0. The van der Waals surface area contributed by atoms with Gasteiger partial charge in [0.05, 0.1) is 10.0 Å². The first kappa shape index (κ1) is 16.0. The smallest absolute Gasteiger partial charge is 0.198 e. The molecule has 2 aromatic carbocycles. The van der Waals surface area contributed by atoms with Crippen molar-refractivity contribution in [2.24, 2.45) is 5.73 Å². The van der Waals surface area contributed by atoms with Gasteiger partial charge in [0.25, 0.3) is 0 Å². The highest BCUT2D eigenvalue weighted by Crippen LogP contribution is 2.38. The molecule has 110 valence electrons. The Kier molecular flexibility index (Phi) is 4.70. The Balaban J connectivity index is 2.45. The van der Waals surface area contributed by atoms with E-state index in [1.807, 2.05) is 0 Å². The molecule has 3 N–H and O–H groups in total. The lowest BCUT2D eigenvalue weighted by Crippen LogP contribution is -2.12. The van der Waals surface area contributed by atoms with Gasteiger partial charge in [0, 0.05) is 16.1 Å². The van der Waals surface area contributed by atoms with Gasteiger partial charge in [-0.2, -0.15) is 0 Å². The van der Waals surface area contributed by atoms with Crippen molar-refractivity contribution in [1.29, 1.82) is 5.41 Å². The molecule has 2 aromatic rings. The summed E-state index contributed by atoms with van der Waals surface area (Å²) in [4.78, 5) is 0. The van der Waals surface area contributed by atoms with Crippen LogP contribution >= 0.6 is 39.1 Å². The lowest BCUT2D eigenvalue weighted by molar-refractivity contribution is 0.407. The maximum atomic E-state index is 13.9. The third-order valence-electron chi connectivity index (χ3n) is 2.50. The number of hydrogen-bond acceptors (Lipinski definition) is 2. The monoisotopic (exact) mass is 394 g/mol. The number of halogens is 5. The van der Waals surface area contributed by atoms with Crippen LogP contribution in [0.2, 0.25) is 10.0 Å². The molecule has 0 saturated carbocycles. The normalized spacial score (nSPS) is 10.5. The molecule has 0 atom stereocenters. The predicted molar refractivity (Wildman–Crippen MR) is 81.6 cm³/mol. The Bertz CT molecular complexity index is 717. The van der Waals surface area contributed by atoms with Gasteiger partial charge < -0.3 is 10.5 Å². The summed E-state index contributed by atoms with van der Waals surface area (Å²) in [5.41, 5.74) is 5.09. The van der Waals surface area contributed by atoms with Crippen molar-refractivity contribution >= 4 is 45.0 Å². The molecule has 0 amide bonds. The first-order valence-corrected chi connectivity index (χ1v) is 7.00. The van der Waals surface area contributed by atoms with Gasteiger partial charge in [0.15, 0.2) is 17.4 Å². The molecule has 0 heterocycles. The second-order valence-corrected chi connectivity index (χ2v) is 5.65. The highest BCUT2D eigenvalue weighted by atomic mass is 79.9. The van der Waals surface area contributed by atoms with Gasteiger partial charge in [-0.25, -0.2) is 8.78 Å². The predicted octanol–water partition coefficient (Wildman–Crippen LogP) is 5.11. The molecule has 0 unspecified atom stereocenters. The zero-order valence-corrected chi connectivity index (χ0v) is 13.3. The second-order valence-electron chi connectivity index (χ2n) is 3.98. The molecule has 3 nitrogen and oxygen atoms in total. The Hall–Kier alpha value is -1.37. The molecule has 0 bridgehead atoms. The van der Waals surface area contributed by atoms with Gasteiger partial charge in [0.2, 0.25) is 0 Å². The average molecular weight is 396 g/mol. The Labute approximate surface area is 137 Å². The number of nitrogens with one attached hydrogen (secondary N) is 1. The maximum absolute atomic E-state index is 13.9. The first-order chi connectivity index (χ1) is 9.79. The fourth-order valence-corrected chi connectivity index (χ4v) is 2.34. The molecule has 0 aliphatic rings. The Morgan fingerprint density at radius 3 is 2.19 bits per heavy atom. The van der Waals surface area contributed by atoms with E-state index in [1.54, 1.807) is 0 Å². The van der Waals surface area contributed by atoms with Crippen LogP contribution in [0.4, 0.5) is 8.78 Å². The van der Waals surface area contributed by atoms with Gasteiger partial charge in [-0.1, -0.05) is 23.2 Å². The number of nitrogen functional groups attached to an aromatic ring is 1. The number of rotatable bonds is 3. The van der Waals surface area contributed by atoms with Crippen LogP contribution in [0.5, 0.6) is 11.5 Å². The highest BCUT2D eigenvalue weighted by Gasteiger charge is 2.17. The molecular weight excluding hydrogens is 389 g/mol. The van der Waals surface area contributed by atoms with Crippen LogP contribution in [0.25, 0.3) is 0 Å². The summed E-state index contributed by atoms with van der Waals surface area (Å²) in [5, 5.41) is 7.57. The van der Waals surface area contributed by atoms with Crippen LogP contribution in [-0.2, 0) is 0 Å². The van der Waals surface area contributed by atoms with Crippen LogP contribution in [0.1, 0.15) is 5.56 Å². The molecule has 0 spiro atoms. The van der Waals surface area contributed by atoms with Gasteiger partial charge in [0.1, 0.15) is 11.6 Å². The largest absolute Gasteiger partial charge is 0.450 e. The van der Waals surface area contributed by atoms with Crippen LogP contribution in [0.3, 0.4) is 0 Å². The van der Waals surface area contributed by atoms with E-state index in [-0.39, 0.29) is 21.4 Å². The lowest BCUT2D eigenvalue weighted by atomic mass is 10.2. The van der Waals surface area contributed by atoms with Crippen molar-refractivity contribution in [2.75, 3.05) is 0 Å². The zero-order valence-electron chi connectivity index (χ0n) is 10.2. The molecule has 2 rings (SSSR count). The van der Waals surface area contributed by atoms with Crippen molar-refractivity contribution in [1.82, 2.24) is 0 Å².